The molecular weight excluding hydrogens is 292 g/mol. The second-order valence-corrected chi connectivity index (χ2v) is 6.85. The number of nitrogens with one attached hydrogen (secondary N) is 2. The van der Waals surface area contributed by atoms with Crippen molar-refractivity contribution in [3.05, 3.63) is 18.0 Å². The molecule has 0 bridgehead atoms. The Kier molecular flexibility index (Phi) is 3.61. The number of aromatic nitrogens is 2. The monoisotopic (exact) mass is 316 g/mol. The molecule has 2 aliphatic heterocycles. The van der Waals surface area contributed by atoms with Crippen LogP contribution in [0, 0.1) is 0 Å². The average Bonchev–Trinajstić information content (AvgIpc) is 2.93. The lowest BCUT2D eigenvalue weighted by Gasteiger charge is -2.38. The van der Waals surface area contributed by atoms with Crippen LogP contribution in [-0.2, 0) is 4.74 Å². The number of nitrogens with zero attached hydrogens (tertiary/aromatic N) is 3. The molecule has 0 radical (unpaired) electrons. The van der Waals surface area contributed by atoms with Gasteiger partial charge in [-0.2, -0.15) is 0 Å². The minimum Gasteiger partial charge on any atom is -0.377 e. The predicted molar refractivity (Wildman–Crippen MR) is 90.9 cm³/mol. The first-order chi connectivity index (χ1) is 11.1. The van der Waals surface area contributed by atoms with E-state index in [0.29, 0.717) is 25.7 Å². The van der Waals surface area contributed by atoms with Crippen LogP contribution in [0.15, 0.2) is 12.2 Å². The van der Waals surface area contributed by atoms with Crippen molar-refractivity contribution >= 4 is 17.3 Å². The number of hydrogen-bond acceptors (Lipinski definition) is 7. The van der Waals surface area contributed by atoms with E-state index in [1.807, 2.05) is 7.05 Å². The van der Waals surface area contributed by atoms with Gasteiger partial charge in [0.2, 0.25) is 0 Å². The molecule has 1 atom stereocenters. The third kappa shape index (κ3) is 2.74. The van der Waals surface area contributed by atoms with Gasteiger partial charge in [0.25, 0.3) is 0 Å². The summed E-state index contributed by atoms with van der Waals surface area (Å²) in [5.41, 5.74) is 6.93. The number of fused-ring (bicyclic) bond motifs is 1. The molecule has 124 valence electrons. The van der Waals surface area contributed by atoms with Crippen LogP contribution in [0.2, 0.25) is 0 Å². The number of rotatable bonds is 4. The maximum Gasteiger partial charge on any atom is 0.159 e. The standard InChI is InChI=1S/C16H24N6O/c1-22-10-19-12-14(18-7-16(17)8-23-9-16)20-13(21-15(12)22)11-5-3-2-4-6-11/h2-3,11,19H,4-10,17H2,1H3,(H,18,20,21). The van der Waals surface area contributed by atoms with E-state index in [1.165, 1.54) is 0 Å². The van der Waals surface area contributed by atoms with Crippen molar-refractivity contribution in [2.45, 2.75) is 30.7 Å². The van der Waals surface area contributed by atoms with Gasteiger partial charge in [0.05, 0.1) is 25.4 Å². The Morgan fingerprint density at radius 3 is 3.00 bits per heavy atom. The number of anilines is 3. The first-order valence-electron chi connectivity index (χ1n) is 8.27. The molecule has 1 unspecified atom stereocenters. The van der Waals surface area contributed by atoms with Gasteiger partial charge >= 0.3 is 0 Å². The maximum atomic E-state index is 6.23. The topological polar surface area (TPSA) is 88.3 Å². The third-order valence-electron chi connectivity index (χ3n) is 4.78. The molecule has 1 fully saturated rings. The summed E-state index contributed by atoms with van der Waals surface area (Å²) in [6, 6.07) is 0. The van der Waals surface area contributed by atoms with Crippen molar-refractivity contribution in [3.63, 3.8) is 0 Å². The molecule has 0 amide bonds. The minimum absolute atomic E-state index is 0.282. The Morgan fingerprint density at radius 1 is 1.43 bits per heavy atom. The molecule has 0 saturated carbocycles. The van der Waals surface area contributed by atoms with Gasteiger partial charge < -0.3 is 26.0 Å². The van der Waals surface area contributed by atoms with Crippen LogP contribution in [0.3, 0.4) is 0 Å². The van der Waals surface area contributed by atoms with E-state index in [4.69, 9.17) is 20.4 Å². The summed E-state index contributed by atoms with van der Waals surface area (Å²) in [5.74, 6) is 3.17. The number of nitrogens with two attached hydrogens (primary N) is 1. The molecule has 0 aromatic carbocycles. The normalized spacial score (nSPS) is 24.8. The van der Waals surface area contributed by atoms with E-state index in [2.05, 4.69) is 27.7 Å². The summed E-state index contributed by atoms with van der Waals surface area (Å²) >= 11 is 0. The summed E-state index contributed by atoms with van der Waals surface area (Å²) in [5, 5.41) is 6.80. The Morgan fingerprint density at radius 2 is 2.30 bits per heavy atom. The highest BCUT2D eigenvalue weighted by Gasteiger charge is 2.35. The van der Waals surface area contributed by atoms with Gasteiger partial charge in [-0.25, -0.2) is 9.97 Å². The Balaban J connectivity index is 1.62. The fraction of sp³-hybridized carbons (Fsp3) is 0.625. The lowest BCUT2D eigenvalue weighted by atomic mass is 9.93. The van der Waals surface area contributed by atoms with E-state index < -0.39 is 0 Å². The average molecular weight is 316 g/mol. The zero-order valence-corrected chi connectivity index (χ0v) is 13.5. The molecule has 23 heavy (non-hydrogen) atoms. The lowest BCUT2D eigenvalue weighted by molar-refractivity contribution is -0.0461. The van der Waals surface area contributed by atoms with Crippen molar-refractivity contribution in [2.24, 2.45) is 5.73 Å². The van der Waals surface area contributed by atoms with E-state index in [0.717, 1.165) is 49.1 Å². The number of allylic oxidation sites excluding steroid dienone is 2. The van der Waals surface area contributed by atoms with Gasteiger partial charge in [0, 0.05) is 19.5 Å². The first-order valence-corrected chi connectivity index (χ1v) is 8.27. The molecule has 1 aromatic heterocycles. The minimum atomic E-state index is -0.282. The largest absolute Gasteiger partial charge is 0.377 e. The fourth-order valence-corrected chi connectivity index (χ4v) is 3.24. The van der Waals surface area contributed by atoms with Crippen LogP contribution in [0.25, 0.3) is 0 Å². The van der Waals surface area contributed by atoms with Crippen LogP contribution in [0.5, 0.6) is 0 Å². The molecule has 7 nitrogen and oxygen atoms in total. The number of hydrogen-bond donors (Lipinski definition) is 3. The van der Waals surface area contributed by atoms with Crippen LogP contribution in [0.1, 0.15) is 31.0 Å². The second kappa shape index (κ2) is 5.65. The summed E-state index contributed by atoms with van der Waals surface area (Å²) < 4.78 is 5.23. The van der Waals surface area contributed by atoms with Crippen LogP contribution >= 0.6 is 0 Å². The highest BCUT2D eigenvalue weighted by molar-refractivity contribution is 5.81. The summed E-state index contributed by atoms with van der Waals surface area (Å²) in [7, 11) is 2.05. The van der Waals surface area contributed by atoms with Crippen LogP contribution < -0.4 is 21.3 Å². The van der Waals surface area contributed by atoms with Gasteiger partial charge in [-0.3, -0.25) is 0 Å². The SMILES string of the molecule is CN1CNc2c(NCC3(N)COC3)nc(C3CC=CCC3)nc21. The molecule has 4 N–H and O–H groups in total. The zero-order chi connectivity index (χ0) is 15.9. The van der Waals surface area contributed by atoms with E-state index >= 15 is 0 Å². The molecule has 1 aliphatic carbocycles. The van der Waals surface area contributed by atoms with Crippen molar-refractivity contribution in [2.75, 3.05) is 49.0 Å². The molecule has 3 aliphatic rings. The van der Waals surface area contributed by atoms with Crippen molar-refractivity contribution in [3.8, 4) is 0 Å². The van der Waals surface area contributed by atoms with E-state index in [9.17, 15) is 0 Å². The summed E-state index contributed by atoms with van der Waals surface area (Å²) in [4.78, 5) is 11.8. The molecule has 3 heterocycles. The zero-order valence-electron chi connectivity index (χ0n) is 13.5. The molecule has 4 rings (SSSR count). The first kappa shape index (κ1) is 14.7. The Hall–Kier alpha value is -1.86. The summed E-state index contributed by atoms with van der Waals surface area (Å²) in [6.07, 6.45) is 7.71. The van der Waals surface area contributed by atoms with Gasteiger partial charge in [0.15, 0.2) is 11.6 Å². The Labute approximate surface area is 136 Å². The molecule has 0 spiro atoms. The predicted octanol–water partition coefficient (Wildman–Crippen LogP) is 1.26. The van der Waals surface area contributed by atoms with Crippen molar-refractivity contribution in [1.82, 2.24) is 9.97 Å². The highest BCUT2D eigenvalue weighted by Crippen LogP contribution is 2.37. The van der Waals surface area contributed by atoms with Gasteiger partial charge in [-0.1, -0.05) is 12.2 Å². The van der Waals surface area contributed by atoms with Crippen molar-refractivity contribution in [1.29, 1.82) is 0 Å². The Bertz CT molecular complexity index is 627. The maximum absolute atomic E-state index is 6.23. The van der Waals surface area contributed by atoms with Gasteiger partial charge in [0.1, 0.15) is 11.5 Å². The quantitative estimate of drug-likeness (QED) is 0.721. The number of ether oxygens (including phenoxy) is 1. The van der Waals surface area contributed by atoms with E-state index in [-0.39, 0.29) is 5.54 Å². The van der Waals surface area contributed by atoms with Crippen molar-refractivity contribution < 1.29 is 4.74 Å². The fourth-order valence-electron chi connectivity index (χ4n) is 3.24. The summed E-state index contributed by atoms with van der Waals surface area (Å²) in [6.45, 7) is 2.61. The van der Waals surface area contributed by atoms with Gasteiger partial charge in [-0.05, 0) is 19.3 Å². The molecular formula is C16H24N6O. The molecule has 1 saturated heterocycles. The molecule has 1 aromatic rings. The third-order valence-corrected chi connectivity index (χ3v) is 4.78. The molecule has 7 heteroatoms. The lowest BCUT2D eigenvalue weighted by Crippen LogP contribution is -2.61. The van der Waals surface area contributed by atoms with Crippen LogP contribution in [-0.4, -0.2) is 49.0 Å². The second-order valence-electron chi connectivity index (χ2n) is 6.85. The van der Waals surface area contributed by atoms with Crippen LogP contribution in [0.4, 0.5) is 17.3 Å². The van der Waals surface area contributed by atoms with Gasteiger partial charge in [-0.15, -0.1) is 0 Å². The van der Waals surface area contributed by atoms with E-state index in [1.54, 1.807) is 0 Å². The highest BCUT2D eigenvalue weighted by atomic mass is 16.5. The smallest absolute Gasteiger partial charge is 0.159 e.